The summed E-state index contributed by atoms with van der Waals surface area (Å²) in [5.41, 5.74) is 6.71. The van der Waals surface area contributed by atoms with Crippen LogP contribution in [-0.2, 0) is 4.74 Å². The molecule has 8 heteroatoms. The van der Waals surface area contributed by atoms with E-state index in [1.165, 1.54) is 25.4 Å². The average Bonchev–Trinajstić information content (AvgIpc) is 2.92. The normalized spacial score (nSPS) is 11.9. The zero-order valence-electron chi connectivity index (χ0n) is 10.1. The van der Waals surface area contributed by atoms with E-state index in [2.05, 4.69) is 20.7 Å². The van der Waals surface area contributed by atoms with Gasteiger partial charge in [0.25, 0.3) is 5.17 Å². The van der Waals surface area contributed by atoms with Crippen LogP contribution in [0.15, 0.2) is 24.4 Å². The second-order valence-electron chi connectivity index (χ2n) is 3.74. The maximum atomic E-state index is 13.5. The van der Waals surface area contributed by atoms with Gasteiger partial charge in [-0.1, -0.05) is 6.07 Å². The van der Waals surface area contributed by atoms with Crippen molar-refractivity contribution in [1.29, 1.82) is 0 Å². The maximum Gasteiger partial charge on any atom is 0.257 e. The van der Waals surface area contributed by atoms with Crippen molar-refractivity contribution in [1.82, 2.24) is 20.7 Å². The minimum atomic E-state index is -0.504. The monoisotopic (exact) mass is 281 g/mol. The van der Waals surface area contributed by atoms with Crippen LogP contribution in [0.5, 0.6) is 0 Å². The molecule has 1 aromatic heterocycles. The Bertz CT molecular complexity index is 574. The number of nitrogens with zero attached hydrogens (tertiary/aromatic N) is 2. The highest BCUT2D eigenvalue weighted by molar-refractivity contribution is 7.80. The first-order valence-electron chi connectivity index (χ1n) is 5.37. The fourth-order valence-electron chi connectivity index (χ4n) is 1.58. The summed E-state index contributed by atoms with van der Waals surface area (Å²) in [4.78, 5) is 0. The highest BCUT2D eigenvalue weighted by Crippen LogP contribution is 2.22. The SMILES string of the molecule is COC(=S)NC(c1ccc(N)c(F)c1)c1cn[nH]n1. The summed E-state index contributed by atoms with van der Waals surface area (Å²) in [6.45, 7) is 0. The zero-order chi connectivity index (χ0) is 13.8. The molecule has 0 fully saturated rings. The van der Waals surface area contributed by atoms with Gasteiger partial charge >= 0.3 is 0 Å². The number of rotatable bonds is 3. The number of aromatic nitrogens is 3. The Morgan fingerprint density at radius 3 is 2.95 bits per heavy atom. The number of aromatic amines is 1. The van der Waals surface area contributed by atoms with E-state index in [1.54, 1.807) is 6.07 Å². The van der Waals surface area contributed by atoms with Crippen molar-refractivity contribution in [2.75, 3.05) is 12.8 Å². The van der Waals surface area contributed by atoms with Crippen LogP contribution in [0.1, 0.15) is 17.3 Å². The summed E-state index contributed by atoms with van der Waals surface area (Å²) in [7, 11) is 1.44. The number of anilines is 1. The number of ether oxygens (including phenoxy) is 1. The Morgan fingerprint density at radius 1 is 1.58 bits per heavy atom. The van der Waals surface area contributed by atoms with Gasteiger partial charge in [-0.15, -0.1) is 0 Å². The summed E-state index contributed by atoms with van der Waals surface area (Å²) in [6.07, 6.45) is 1.52. The van der Waals surface area contributed by atoms with E-state index >= 15 is 0 Å². The molecule has 2 aromatic rings. The number of hydrogen-bond acceptors (Lipinski definition) is 5. The van der Waals surface area contributed by atoms with Gasteiger partial charge < -0.3 is 15.8 Å². The number of nitrogens with two attached hydrogens (primary N) is 1. The lowest BCUT2D eigenvalue weighted by Crippen LogP contribution is -2.29. The molecule has 0 aliphatic heterocycles. The van der Waals surface area contributed by atoms with Crippen molar-refractivity contribution < 1.29 is 9.13 Å². The smallest absolute Gasteiger partial charge is 0.257 e. The van der Waals surface area contributed by atoms with E-state index in [1.807, 2.05) is 0 Å². The van der Waals surface area contributed by atoms with Crippen LogP contribution in [0, 0.1) is 5.82 Å². The van der Waals surface area contributed by atoms with E-state index in [0.29, 0.717) is 11.3 Å². The van der Waals surface area contributed by atoms with Gasteiger partial charge in [-0.05, 0) is 29.9 Å². The summed E-state index contributed by atoms with van der Waals surface area (Å²) >= 11 is 4.95. The number of nitrogens with one attached hydrogen (secondary N) is 2. The summed E-state index contributed by atoms with van der Waals surface area (Å²) in [5, 5.41) is 13.3. The molecule has 19 heavy (non-hydrogen) atoms. The molecule has 0 radical (unpaired) electrons. The molecule has 0 aliphatic carbocycles. The summed E-state index contributed by atoms with van der Waals surface area (Å²) < 4.78 is 18.4. The highest BCUT2D eigenvalue weighted by atomic mass is 32.1. The van der Waals surface area contributed by atoms with Crippen LogP contribution >= 0.6 is 12.2 Å². The maximum absolute atomic E-state index is 13.5. The van der Waals surface area contributed by atoms with Gasteiger partial charge in [0.1, 0.15) is 17.6 Å². The van der Waals surface area contributed by atoms with Gasteiger partial charge in [0.05, 0.1) is 19.0 Å². The predicted molar refractivity (Wildman–Crippen MR) is 71.8 cm³/mol. The van der Waals surface area contributed by atoms with Crippen LogP contribution in [-0.4, -0.2) is 27.7 Å². The standard InChI is InChI=1S/C11H12FN5OS/c1-18-11(19)15-10(9-5-14-17-16-9)6-2-3-8(13)7(12)4-6/h2-5,10H,13H2,1H3,(H,15,19)(H,14,16,17). The topological polar surface area (TPSA) is 88.9 Å². The van der Waals surface area contributed by atoms with E-state index in [0.717, 1.165) is 0 Å². The third kappa shape index (κ3) is 2.97. The lowest BCUT2D eigenvalue weighted by molar-refractivity contribution is 0.387. The molecule has 0 saturated heterocycles. The van der Waals surface area contributed by atoms with Crippen molar-refractivity contribution >= 4 is 23.1 Å². The Kier molecular flexibility index (Phi) is 3.91. The predicted octanol–water partition coefficient (Wildman–Crippen LogP) is 1.14. The first kappa shape index (κ1) is 13.2. The Labute approximate surface area is 114 Å². The van der Waals surface area contributed by atoms with Crippen LogP contribution in [0.2, 0.25) is 0 Å². The lowest BCUT2D eigenvalue weighted by atomic mass is 10.0. The quantitative estimate of drug-likeness (QED) is 0.577. The molecule has 6 nitrogen and oxygen atoms in total. The Hall–Kier alpha value is -2.22. The molecule has 2 rings (SSSR count). The molecule has 0 bridgehead atoms. The first-order valence-corrected chi connectivity index (χ1v) is 5.77. The molecule has 0 saturated carbocycles. The molecule has 1 unspecified atom stereocenters. The largest absolute Gasteiger partial charge is 0.474 e. The highest BCUT2D eigenvalue weighted by Gasteiger charge is 2.19. The fourth-order valence-corrected chi connectivity index (χ4v) is 1.70. The van der Waals surface area contributed by atoms with E-state index in [4.69, 9.17) is 22.7 Å². The number of hydrogen-bond donors (Lipinski definition) is 3. The number of halogens is 1. The summed E-state index contributed by atoms with van der Waals surface area (Å²) in [5.74, 6) is -0.504. The molecule has 100 valence electrons. The molecule has 1 heterocycles. The molecule has 4 N–H and O–H groups in total. The third-order valence-electron chi connectivity index (χ3n) is 2.53. The second-order valence-corrected chi connectivity index (χ2v) is 4.12. The molecule has 1 atom stereocenters. The third-order valence-corrected chi connectivity index (χ3v) is 2.82. The van der Waals surface area contributed by atoms with Crippen molar-refractivity contribution in [3.05, 3.63) is 41.5 Å². The van der Waals surface area contributed by atoms with Crippen LogP contribution in [0.25, 0.3) is 0 Å². The number of thiocarbonyl (C=S) groups is 1. The molecular formula is C11H12FN5OS. The van der Waals surface area contributed by atoms with Gasteiger partial charge in [-0.25, -0.2) is 4.39 Å². The van der Waals surface area contributed by atoms with Crippen LogP contribution in [0.4, 0.5) is 10.1 Å². The minimum absolute atomic E-state index is 0.0805. The van der Waals surface area contributed by atoms with Gasteiger partial charge in [0.15, 0.2) is 0 Å². The number of methoxy groups -OCH3 is 1. The number of benzene rings is 1. The summed E-state index contributed by atoms with van der Waals surface area (Å²) in [6, 6.07) is 4.01. The van der Waals surface area contributed by atoms with Gasteiger partial charge in [0, 0.05) is 0 Å². The van der Waals surface area contributed by atoms with Gasteiger partial charge in [-0.3, -0.25) is 0 Å². The number of nitrogen functional groups attached to an aromatic ring is 1. The van der Waals surface area contributed by atoms with Crippen LogP contribution in [0.3, 0.4) is 0 Å². The average molecular weight is 281 g/mol. The fraction of sp³-hybridized carbons (Fsp3) is 0.182. The Balaban J connectivity index is 2.36. The second kappa shape index (κ2) is 5.61. The van der Waals surface area contributed by atoms with Gasteiger partial charge in [-0.2, -0.15) is 15.4 Å². The van der Waals surface area contributed by atoms with Crippen molar-refractivity contribution in [3.63, 3.8) is 0 Å². The van der Waals surface area contributed by atoms with Crippen molar-refractivity contribution in [2.24, 2.45) is 0 Å². The molecular weight excluding hydrogens is 269 g/mol. The Morgan fingerprint density at radius 2 is 2.37 bits per heavy atom. The zero-order valence-corrected chi connectivity index (χ0v) is 10.9. The van der Waals surface area contributed by atoms with E-state index in [-0.39, 0.29) is 10.9 Å². The first-order chi connectivity index (χ1) is 9.11. The van der Waals surface area contributed by atoms with Crippen LogP contribution < -0.4 is 11.1 Å². The van der Waals surface area contributed by atoms with Gasteiger partial charge in [0.2, 0.25) is 0 Å². The van der Waals surface area contributed by atoms with Crippen molar-refractivity contribution in [3.8, 4) is 0 Å². The molecule has 0 aliphatic rings. The lowest BCUT2D eigenvalue weighted by Gasteiger charge is -2.18. The van der Waals surface area contributed by atoms with Crippen molar-refractivity contribution in [2.45, 2.75) is 6.04 Å². The molecule has 1 aromatic carbocycles. The molecule has 0 amide bonds. The minimum Gasteiger partial charge on any atom is -0.474 e. The molecule has 0 spiro atoms. The van der Waals surface area contributed by atoms with E-state index < -0.39 is 11.9 Å². The number of H-pyrrole nitrogens is 1. The van der Waals surface area contributed by atoms with E-state index in [9.17, 15) is 4.39 Å².